The van der Waals surface area contributed by atoms with Crippen LogP contribution in [-0.4, -0.2) is 63.1 Å². The summed E-state index contributed by atoms with van der Waals surface area (Å²) in [7, 11) is -4.23. The standard InChI is InChI=1S/C21H22N6O6S/c22-34(30,31)32-9-15-17(28)18(29)21(33-15)27-11-26-16-19(24-10-25-20(16)27)23-8-13-6-3-5-12-4-1-2-7-14(12)13/h1-7,10-11,15,17-18,21,28-29H,8-9H2,(H2,22,30,31)(H,23,24,25)/t15-,17-,18-,21-/m1/s1. The maximum absolute atomic E-state index is 11.1. The van der Waals surface area contributed by atoms with E-state index >= 15 is 0 Å². The summed E-state index contributed by atoms with van der Waals surface area (Å²) in [6.07, 6.45) is -2.22. The number of hydrogen-bond donors (Lipinski definition) is 4. The van der Waals surface area contributed by atoms with E-state index in [0.29, 0.717) is 23.5 Å². The van der Waals surface area contributed by atoms with Crippen LogP contribution in [0.4, 0.5) is 5.82 Å². The number of aromatic nitrogens is 4. The van der Waals surface area contributed by atoms with Crippen molar-refractivity contribution in [2.45, 2.75) is 31.1 Å². The summed E-state index contributed by atoms with van der Waals surface area (Å²) in [5.74, 6) is 0.485. The van der Waals surface area contributed by atoms with Gasteiger partial charge in [-0.25, -0.2) is 20.1 Å². The molecule has 3 heterocycles. The van der Waals surface area contributed by atoms with Crippen molar-refractivity contribution in [2.75, 3.05) is 11.9 Å². The van der Waals surface area contributed by atoms with E-state index in [9.17, 15) is 18.6 Å². The molecule has 12 nitrogen and oxygen atoms in total. The number of hydrogen-bond acceptors (Lipinski definition) is 10. The van der Waals surface area contributed by atoms with E-state index in [2.05, 4.69) is 30.5 Å². The number of aliphatic hydroxyl groups excluding tert-OH is 2. The number of fused-ring (bicyclic) bond motifs is 2. The average Bonchev–Trinajstić information content (AvgIpc) is 3.37. The molecule has 1 saturated heterocycles. The summed E-state index contributed by atoms with van der Waals surface area (Å²) in [5, 5.41) is 31.1. The molecule has 1 aliphatic heterocycles. The average molecular weight is 487 g/mol. The van der Waals surface area contributed by atoms with Crippen LogP contribution in [0.2, 0.25) is 0 Å². The molecular formula is C21H22N6O6S. The lowest BCUT2D eigenvalue weighted by Crippen LogP contribution is -2.35. The van der Waals surface area contributed by atoms with Crippen LogP contribution in [0.3, 0.4) is 0 Å². The second kappa shape index (κ2) is 8.87. The van der Waals surface area contributed by atoms with Crippen molar-refractivity contribution >= 4 is 38.1 Å². The Balaban J connectivity index is 1.38. The number of nitrogens with two attached hydrogens (primary N) is 1. The molecule has 4 atom stereocenters. The Kier molecular flexibility index (Phi) is 5.89. The van der Waals surface area contributed by atoms with Crippen molar-refractivity contribution in [3.8, 4) is 0 Å². The lowest BCUT2D eigenvalue weighted by Gasteiger charge is -2.16. The number of rotatable bonds is 7. The van der Waals surface area contributed by atoms with Gasteiger partial charge in [-0.15, -0.1) is 0 Å². The Bertz CT molecular complexity index is 1440. The molecule has 178 valence electrons. The second-order valence-electron chi connectivity index (χ2n) is 7.86. The number of ether oxygens (including phenoxy) is 1. The molecular weight excluding hydrogens is 464 g/mol. The zero-order valence-electron chi connectivity index (χ0n) is 17.7. The normalized spacial score (nSPS) is 23.0. The fourth-order valence-corrected chi connectivity index (χ4v) is 4.38. The van der Waals surface area contributed by atoms with Gasteiger partial charge in [0.15, 0.2) is 23.2 Å². The lowest BCUT2D eigenvalue weighted by molar-refractivity contribution is -0.0467. The van der Waals surface area contributed by atoms with Gasteiger partial charge in [0.2, 0.25) is 0 Å². The first-order valence-electron chi connectivity index (χ1n) is 10.4. The summed E-state index contributed by atoms with van der Waals surface area (Å²) in [6, 6.07) is 14.1. The van der Waals surface area contributed by atoms with Crippen molar-refractivity contribution in [1.29, 1.82) is 0 Å². The van der Waals surface area contributed by atoms with Gasteiger partial charge in [0.25, 0.3) is 0 Å². The largest absolute Gasteiger partial charge is 0.387 e. The molecule has 5 N–H and O–H groups in total. The molecule has 5 rings (SSSR count). The molecule has 0 spiro atoms. The molecule has 34 heavy (non-hydrogen) atoms. The molecule has 0 aliphatic carbocycles. The van der Waals surface area contributed by atoms with E-state index < -0.39 is 41.5 Å². The summed E-state index contributed by atoms with van der Waals surface area (Å²) >= 11 is 0. The molecule has 0 amide bonds. The number of anilines is 1. The minimum atomic E-state index is -4.23. The van der Waals surface area contributed by atoms with Crippen molar-refractivity contribution in [3.05, 3.63) is 60.7 Å². The van der Waals surface area contributed by atoms with Crippen LogP contribution in [0.15, 0.2) is 55.1 Å². The first-order chi connectivity index (χ1) is 16.3. The Morgan fingerprint density at radius 1 is 1.09 bits per heavy atom. The second-order valence-corrected chi connectivity index (χ2v) is 9.08. The number of benzene rings is 2. The molecule has 2 aromatic carbocycles. The van der Waals surface area contributed by atoms with Gasteiger partial charge in [-0.2, -0.15) is 8.42 Å². The SMILES string of the molecule is NS(=O)(=O)OC[C@H]1O[C@@H](n2cnc3c(NCc4cccc5ccccc45)ncnc32)[C@H](O)[C@@H]1O. The summed E-state index contributed by atoms with van der Waals surface area (Å²) < 4.78 is 33.7. The van der Waals surface area contributed by atoms with Gasteiger partial charge in [0, 0.05) is 6.54 Å². The monoisotopic (exact) mass is 486 g/mol. The third-order valence-electron chi connectivity index (χ3n) is 5.69. The van der Waals surface area contributed by atoms with E-state index in [1.165, 1.54) is 17.2 Å². The van der Waals surface area contributed by atoms with Crippen molar-refractivity contribution in [2.24, 2.45) is 5.14 Å². The summed E-state index contributed by atoms with van der Waals surface area (Å²) in [4.78, 5) is 12.9. The Morgan fingerprint density at radius 2 is 1.88 bits per heavy atom. The molecule has 4 aromatic rings. The predicted molar refractivity (Wildman–Crippen MR) is 122 cm³/mol. The highest BCUT2D eigenvalue weighted by Gasteiger charge is 2.45. The van der Waals surface area contributed by atoms with Gasteiger partial charge in [-0.1, -0.05) is 42.5 Å². The zero-order chi connectivity index (χ0) is 23.9. The van der Waals surface area contributed by atoms with Crippen LogP contribution in [0, 0.1) is 0 Å². The number of aliphatic hydroxyl groups is 2. The van der Waals surface area contributed by atoms with Crippen LogP contribution in [-0.2, 0) is 25.8 Å². The number of nitrogens with one attached hydrogen (secondary N) is 1. The van der Waals surface area contributed by atoms with Crippen molar-refractivity contribution in [3.63, 3.8) is 0 Å². The molecule has 0 radical (unpaired) electrons. The van der Waals surface area contributed by atoms with Crippen LogP contribution >= 0.6 is 0 Å². The van der Waals surface area contributed by atoms with Gasteiger partial charge in [-0.05, 0) is 16.3 Å². The Morgan fingerprint density at radius 3 is 2.71 bits per heavy atom. The van der Waals surface area contributed by atoms with E-state index in [1.807, 2.05) is 36.4 Å². The summed E-state index contributed by atoms with van der Waals surface area (Å²) in [5.41, 5.74) is 1.89. The van der Waals surface area contributed by atoms with Crippen molar-refractivity contribution in [1.82, 2.24) is 19.5 Å². The third-order valence-corrected chi connectivity index (χ3v) is 6.16. The molecule has 13 heteroatoms. The van der Waals surface area contributed by atoms with Crippen LogP contribution < -0.4 is 10.5 Å². The van der Waals surface area contributed by atoms with Crippen LogP contribution in [0.25, 0.3) is 21.9 Å². The number of nitrogens with zero attached hydrogens (tertiary/aromatic N) is 4. The van der Waals surface area contributed by atoms with Crippen molar-refractivity contribution < 1.29 is 27.6 Å². The van der Waals surface area contributed by atoms with Crippen LogP contribution in [0.5, 0.6) is 0 Å². The van der Waals surface area contributed by atoms with E-state index in [-0.39, 0.29) is 0 Å². The molecule has 0 saturated carbocycles. The maximum atomic E-state index is 11.1. The highest BCUT2D eigenvalue weighted by molar-refractivity contribution is 7.84. The first kappa shape index (κ1) is 22.6. The zero-order valence-corrected chi connectivity index (χ0v) is 18.5. The maximum Gasteiger partial charge on any atom is 0.333 e. The lowest BCUT2D eigenvalue weighted by atomic mass is 10.0. The van der Waals surface area contributed by atoms with E-state index in [4.69, 9.17) is 9.88 Å². The van der Waals surface area contributed by atoms with Crippen LogP contribution in [0.1, 0.15) is 11.8 Å². The smallest absolute Gasteiger partial charge is 0.333 e. The van der Waals surface area contributed by atoms with Gasteiger partial charge in [0.05, 0.1) is 12.9 Å². The predicted octanol–water partition coefficient (Wildman–Crippen LogP) is 0.431. The Hall–Kier alpha value is -3.20. The summed E-state index contributed by atoms with van der Waals surface area (Å²) in [6.45, 7) is -0.0540. The van der Waals surface area contributed by atoms with Gasteiger partial charge in [-0.3, -0.25) is 8.75 Å². The number of imidazole rings is 1. The molecule has 0 unspecified atom stereocenters. The Labute approximate surface area is 194 Å². The van der Waals surface area contributed by atoms with Gasteiger partial charge < -0.3 is 20.3 Å². The fraction of sp³-hybridized carbons (Fsp3) is 0.286. The molecule has 1 aliphatic rings. The third kappa shape index (κ3) is 4.32. The van der Waals surface area contributed by atoms with Gasteiger partial charge in [0.1, 0.15) is 24.6 Å². The van der Waals surface area contributed by atoms with E-state index in [0.717, 1.165) is 16.3 Å². The fourth-order valence-electron chi connectivity index (χ4n) is 4.05. The molecule has 2 aromatic heterocycles. The highest BCUT2D eigenvalue weighted by atomic mass is 32.2. The van der Waals surface area contributed by atoms with Gasteiger partial charge >= 0.3 is 10.3 Å². The molecule has 0 bridgehead atoms. The minimum Gasteiger partial charge on any atom is -0.387 e. The topological polar surface area (TPSA) is 175 Å². The highest BCUT2D eigenvalue weighted by Crippen LogP contribution is 2.32. The minimum absolute atomic E-state index is 0.361. The molecule has 1 fully saturated rings. The van der Waals surface area contributed by atoms with E-state index in [1.54, 1.807) is 0 Å². The first-order valence-corrected chi connectivity index (χ1v) is 11.9. The quantitative estimate of drug-likeness (QED) is 0.287.